The smallest absolute Gasteiger partial charge is 0.241 e. The molecule has 0 spiro atoms. The predicted octanol–water partition coefficient (Wildman–Crippen LogP) is 3.15. The van der Waals surface area contributed by atoms with Crippen molar-refractivity contribution in [3.05, 3.63) is 64.2 Å². The van der Waals surface area contributed by atoms with E-state index in [9.17, 15) is 13.6 Å². The van der Waals surface area contributed by atoms with Gasteiger partial charge in [-0.2, -0.15) is 0 Å². The lowest BCUT2D eigenvalue weighted by Gasteiger charge is -2.32. The normalized spacial score (nSPS) is 22.3. The highest BCUT2D eigenvalue weighted by Gasteiger charge is 2.52. The molecule has 106 valence electrons. The Kier molecular flexibility index (Phi) is 2.20. The van der Waals surface area contributed by atoms with Gasteiger partial charge in [0, 0.05) is 25.2 Å². The van der Waals surface area contributed by atoms with E-state index in [0.717, 1.165) is 22.9 Å². The summed E-state index contributed by atoms with van der Waals surface area (Å²) < 4.78 is 27.9. The third-order valence-electron chi connectivity index (χ3n) is 4.79. The molecule has 21 heavy (non-hydrogen) atoms. The summed E-state index contributed by atoms with van der Waals surface area (Å²) in [4.78, 5) is 14.3. The molecule has 0 aromatic heterocycles. The van der Waals surface area contributed by atoms with E-state index in [2.05, 4.69) is 0 Å². The Morgan fingerprint density at radius 2 is 2.00 bits per heavy atom. The number of carbonyl (C=O) groups is 1. The lowest BCUT2D eigenvalue weighted by atomic mass is 9.68. The van der Waals surface area contributed by atoms with Crippen molar-refractivity contribution >= 4 is 11.6 Å². The first-order valence-corrected chi connectivity index (χ1v) is 6.83. The summed E-state index contributed by atoms with van der Waals surface area (Å²) in [5.41, 5.74) is 2.52. The van der Waals surface area contributed by atoms with Crippen molar-refractivity contribution in [2.24, 2.45) is 0 Å². The van der Waals surface area contributed by atoms with Crippen LogP contribution in [0.2, 0.25) is 0 Å². The molecule has 1 aliphatic heterocycles. The first-order chi connectivity index (χ1) is 9.94. The molecule has 0 bridgehead atoms. The second kappa shape index (κ2) is 3.70. The van der Waals surface area contributed by atoms with Crippen molar-refractivity contribution in [3.63, 3.8) is 0 Å². The second-order valence-electron chi connectivity index (χ2n) is 5.89. The molecule has 4 rings (SSSR count). The number of carbonyl (C=O) groups excluding carboxylic acids is 1. The zero-order chi connectivity index (χ0) is 14.9. The molecule has 0 fully saturated rings. The van der Waals surface area contributed by atoms with Crippen molar-refractivity contribution in [1.29, 1.82) is 0 Å². The average molecular weight is 285 g/mol. The van der Waals surface area contributed by atoms with E-state index in [1.54, 1.807) is 18.9 Å². The maximum atomic E-state index is 14.2. The van der Waals surface area contributed by atoms with E-state index in [4.69, 9.17) is 0 Å². The van der Waals surface area contributed by atoms with Crippen molar-refractivity contribution in [2.45, 2.75) is 18.8 Å². The van der Waals surface area contributed by atoms with Crippen LogP contribution in [-0.2, 0) is 16.6 Å². The highest BCUT2D eigenvalue weighted by molar-refractivity contribution is 6.11. The van der Waals surface area contributed by atoms with Gasteiger partial charge in [0.15, 0.2) is 0 Å². The van der Waals surface area contributed by atoms with Crippen molar-refractivity contribution in [2.75, 3.05) is 11.9 Å². The molecule has 2 aliphatic rings. The number of nitrogens with zero attached hydrogens (tertiary/aromatic N) is 1. The predicted molar refractivity (Wildman–Crippen MR) is 75.5 cm³/mol. The Morgan fingerprint density at radius 1 is 1.24 bits per heavy atom. The fraction of sp³-hybridized carbons (Fsp3) is 0.235. The van der Waals surface area contributed by atoms with Gasteiger partial charge >= 0.3 is 0 Å². The fourth-order valence-corrected chi connectivity index (χ4v) is 3.81. The Balaban J connectivity index is 2.14. The fourth-order valence-electron chi connectivity index (χ4n) is 3.81. The minimum Gasteiger partial charge on any atom is -0.314 e. The molecule has 1 amide bonds. The van der Waals surface area contributed by atoms with Crippen LogP contribution in [-0.4, -0.2) is 13.0 Å². The van der Waals surface area contributed by atoms with E-state index in [1.807, 2.05) is 18.2 Å². The summed E-state index contributed by atoms with van der Waals surface area (Å²) in [6, 6.07) is 7.85. The van der Waals surface area contributed by atoms with Crippen LogP contribution in [0.15, 0.2) is 30.3 Å². The lowest BCUT2D eigenvalue weighted by Crippen LogP contribution is -2.40. The zero-order valence-electron chi connectivity index (χ0n) is 11.7. The van der Waals surface area contributed by atoms with Crippen LogP contribution in [0.4, 0.5) is 14.5 Å². The summed E-state index contributed by atoms with van der Waals surface area (Å²) in [5.74, 6) is -1.36. The average Bonchev–Trinajstić information content (AvgIpc) is 2.65. The number of amides is 1. The monoisotopic (exact) mass is 285 g/mol. The number of fused-ring (bicyclic) bond motifs is 2. The minimum absolute atomic E-state index is 0.143. The number of hydrogen-bond acceptors (Lipinski definition) is 1. The van der Waals surface area contributed by atoms with Crippen LogP contribution in [0.3, 0.4) is 0 Å². The molecule has 0 saturated heterocycles. The summed E-state index contributed by atoms with van der Waals surface area (Å²) in [6.07, 6.45) is 0.390. The van der Waals surface area contributed by atoms with Crippen molar-refractivity contribution < 1.29 is 13.6 Å². The van der Waals surface area contributed by atoms with Crippen LogP contribution in [0.5, 0.6) is 0 Å². The number of benzene rings is 2. The molecular formula is C17H13F2NO. The van der Waals surface area contributed by atoms with Gasteiger partial charge in [-0.3, -0.25) is 4.79 Å². The molecule has 0 N–H and O–H groups in total. The third-order valence-corrected chi connectivity index (χ3v) is 4.79. The number of anilines is 1. The third kappa shape index (κ3) is 1.32. The maximum absolute atomic E-state index is 14.2. The number of likely N-dealkylation sites (N-methyl/N-ethyl adjacent to an activating group) is 1. The molecule has 0 saturated carbocycles. The van der Waals surface area contributed by atoms with Gasteiger partial charge in [-0.15, -0.1) is 0 Å². The quantitative estimate of drug-likeness (QED) is 0.728. The summed E-state index contributed by atoms with van der Waals surface area (Å²) in [5, 5.41) is 0. The zero-order valence-corrected chi connectivity index (χ0v) is 11.7. The standard InChI is InChI=1S/C17H13F2NO/c1-17-12-7-10(18)8-13(19)11(12)6-9-4-3-5-14(15(9)17)20(2)16(17)21/h3-5,7-8H,6H2,1-2H3. The molecule has 2 aromatic rings. The summed E-state index contributed by atoms with van der Waals surface area (Å²) >= 11 is 0. The van der Waals surface area contributed by atoms with Crippen molar-refractivity contribution in [1.82, 2.24) is 0 Å². The Hall–Kier alpha value is -2.23. The molecule has 1 atom stereocenters. The van der Waals surface area contributed by atoms with Gasteiger partial charge in [-0.05, 0) is 41.3 Å². The topological polar surface area (TPSA) is 20.3 Å². The van der Waals surface area contributed by atoms with Gasteiger partial charge in [0.2, 0.25) is 5.91 Å². The highest BCUT2D eigenvalue weighted by atomic mass is 19.1. The van der Waals surface area contributed by atoms with Crippen LogP contribution in [0.25, 0.3) is 0 Å². The van der Waals surface area contributed by atoms with Gasteiger partial charge in [-0.25, -0.2) is 8.78 Å². The van der Waals surface area contributed by atoms with E-state index in [0.29, 0.717) is 17.5 Å². The van der Waals surface area contributed by atoms with E-state index >= 15 is 0 Å². The first-order valence-electron chi connectivity index (χ1n) is 6.83. The molecule has 1 aliphatic carbocycles. The minimum atomic E-state index is -1.00. The van der Waals surface area contributed by atoms with Gasteiger partial charge in [-0.1, -0.05) is 12.1 Å². The number of halogens is 2. The van der Waals surface area contributed by atoms with E-state index < -0.39 is 17.0 Å². The van der Waals surface area contributed by atoms with Gasteiger partial charge in [0.1, 0.15) is 11.6 Å². The summed E-state index contributed by atoms with van der Waals surface area (Å²) in [6.45, 7) is 1.76. The lowest BCUT2D eigenvalue weighted by molar-refractivity contribution is -0.121. The Morgan fingerprint density at radius 3 is 2.76 bits per heavy atom. The SMILES string of the molecule is CN1C(=O)C2(C)c3cc(F)cc(F)c3Cc3cccc1c32. The molecule has 1 heterocycles. The first kappa shape index (κ1) is 12.5. The molecule has 2 aromatic carbocycles. The van der Waals surface area contributed by atoms with Gasteiger partial charge in [0.25, 0.3) is 0 Å². The largest absolute Gasteiger partial charge is 0.314 e. The van der Waals surface area contributed by atoms with Crippen LogP contribution in [0.1, 0.15) is 29.2 Å². The van der Waals surface area contributed by atoms with Gasteiger partial charge < -0.3 is 4.90 Å². The number of hydrogen-bond donors (Lipinski definition) is 0. The molecule has 0 radical (unpaired) electrons. The second-order valence-corrected chi connectivity index (χ2v) is 5.89. The highest BCUT2D eigenvalue weighted by Crippen LogP contribution is 2.51. The summed E-state index contributed by atoms with van der Waals surface area (Å²) in [7, 11) is 1.71. The van der Waals surface area contributed by atoms with Crippen LogP contribution in [0, 0.1) is 11.6 Å². The Bertz CT molecular complexity index is 815. The van der Waals surface area contributed by atoms with Gasteiger partial charge in [0.05, 0.1) is 5.41 Å². The number of rotatable bonds is 0. The van der Waals surface area contributed by atoms with Crippen LogP contribution >= 0.6 is 0 Å². The molecule has 1 unspecified atom stereocenters. The van der Waals surface area contributed by atoms with Crippen LogP contribution < -0.4 is 4.90 Å². The molecule has 2 nitrogen and oxygen atoms in total. The van der Waals surface area contributed by atoms with E-state index in [1.165, 1.54) is 6.07 Å². The molecule has 4 heteroatoms. The Labute approximate surface area is 121 Å². The maximum Gasteiger partial charge on any atom is 0.241 e. The van der Waals surface area contributed by atoms with Crippen molar-refractivity contribution in [3.8, 4) is 0 Å². The van der Waals surface area contributed by atoms with E-state index in [-0.39, 0.29) is 5.91 Å². The molecular weight excluding hydrogens is 272 g/mol.